The fourth-order valence-electron chi connectivity index (χ4n) is 2.37. The molecule has 0 spiro atoms. The fourth-order valence-corrected chi connectivity index (χ4v) is 4.34. The summed E-state index contributed by atoms with van der Waals surface area (Å²) in [4.78, 5) is 0. The third-order valence-corrected chi connectivity index (χ3v) is 4.87. The van der Waals surface area contributed by atoms with Gasteiger partial charge < -0.3 is 10.9 Å². The van der Waals surface area contributed by atoms with Crippen LogP contribution in [0.1, 0.15) is 40.0 Å². The Morgan fingerprint density at radius 3 is 2.56 bits per heavy atom. The van der Waals surface area contributed by atoms with Gasteiger partial charge in [0.05, 0.1) is 5.75 Å². The van der Waals surface area contributed by atoms with E-state index >= 15 is 0 Å². The number of nitrogens with two attached hydrogens (primary N) is 1. The molecule has 1 fully saturated rings. The number of sulfonamides is 1. The van der Waals surface area contributed by atoms with Gasteiger partial charge in [-0.05, 0) is 18.3 Å². The normalized spacial score (nSPS) is 26.5. The average Bonchev–Trinajstić information content (AvgIpc) is 2.59. The van der Waals surface area contributed by atoms with Crippen molar-refractivity contribution < 1.29 is 13.6 Å². The van der Waals surface area contributed by atoms with Crippen molar-refractivity contribution in [3.05, 3.63) is 0 Å². The first-order valence-electron chi connectivity index (χ1n) is 6.12. The Kier molecular flexibility index (Phi) is 4.61. The van der Waals surface area contributed by atoms with E-state index in [1.165, 1.54) is 0 Å². The minimum atomic E-state index is -3.34. The van der Waals surface area contributed by atoms with Gasteiger partial charge in [-0.3, -0.25) is 0 Å². The Bertz CT molecular complexity index is 412. The highest BCUT2D eigenvalue weighted by atomic mass is 32.2. The summed E-state index contributed by atoms with van der Waals surface area (Å²) in [6.07, 6.45) is 2.35. The molecule has 0 amide bonds. The van der Waals surface area contributed by atoms with Crippen LogP contribution in [0.3, 0.4) is 0 Å². The predicted octanol–water partition coefficient (Wildman–Crippen LogP) is 0.867. The predicted molar refractivity (Wildman–Crippen MR) is 70.9 cm³/mol. The lowest BCUT2D eigenvalue weighted by atomic mass is 10.0. The van der Waals surface area contributed by atoms with E-state index in [1.54, 1.807) is 0 Å². The molecule has 1 aliphatic carbocycles. The van der Waals surface area contributed by atoms with Crippen LogP contribution in [-0.2, 0) is 10.0 Å². The van der Waals surface area contributed by atoms with Crippen LogP contribution in [0.2, 0.25) is 0 Å². The lowest BCUT2D eigenvalue weighted by molar-refractivity contribution is 0.312. The fraction of sp³-hybridized carbons (Fsp3) is 0.909. The van der Waals surface area contributed by atoms with Gasteiger partial charge in [0.25, 0.3) is 0 Å². The van der Waals surface area contributed by atoms with Crippen LogP contribution in [-0.4, -0.2) is 31.3 Å². The van der Waals surface area contributed by atoms with E-state index in [1.807, 2.05) is 20.8 Å². The second-order valence-corrected chi connectivity index (χ2v) is 7.86. The maximum absolute atomic E-state index is 12.0. The Morgan fingerprint density at radius 2 is 2.06 bits per heavy atom. The van der Waals surface area contributed by atoms with Crippen molar-refractivity contribution in [1.29, 1.82) is 0 Å². The topological polar surface area (TPSA) is 105 Å². The van der Waals surface area contributed by atoms with Crippen LogP contribution in [0.15, 0.2) is 5.16 Å². The molecular formula is C11H23N3O3S. The molecule has 0 radical (unpaired) electrons. The Hall–Kier alpha value is -0.820. The standard InChI is InChI=1S/C11H23N3O3S/c1-11(2,3)7-18(16,17)14-9-6-4-5-8(9)10(12)13-15/h8-9,14-15H,4-7H2,1-3H3,(H2,12,13). The van der Waals surface area contributed by atoms with E-state index in [9.17, 15) is 8.42 Å². The maximum atomic E-state index is 12.0. The zero-order valence-corrected chi connectivity index (χ0v) is 12.0. The molecule has 0 bridgehead atoms. The van der Waals surface area contributed by atoms with Crippen LogP contribution in [0.25, 0.3) is 0 Å². The van der Waals surface area contributed by atoms with Gasteiger partial charge in [-0.15, -0.1) is 0 Å². The largest absolute Gasteiger partial charge is 0.409 e. The summed E-state index contributed by atoms with van der Waals surface area (Å²) >= 11 is 0. The van der Waals surface area contributed by atoms with Crippen molar-refractivity contribution in [2.24, 2.45) is 22.2 Å². The van der Waals surface area contributed by atoms with Crippen LogP contribution in [0.5, 0.6) is 0 Å². The highest BCUT2D eigenvalue weighted by Crippen LogP contribution is 2.27. The van der Waals surface area contributed by atoms with E-state index < -0.39 is 10.0 Å². The molecule has 7 heteroatoms. The SMILES string of the molecule is CC(C)(C)CS(=O)(=O)NC1CCCC1C(N)=NO. The van der Waals surface area contributed by atoms with E-state index in [2.05, 4.69) is 9.88 Å². The van der Waals surface area contributed by atoms with Gasteiger partial charge >= 0.3 is 0 Å². The highest BCUT2D eigenvalue weighted by Gasteiger charge is 2.34. The first-order valence-corrected chi connectivity index (χ1v) is 7.77. The third kappa shape index (κ3) is 4.45. The number of hydrogen-bond acceptors (Lipinski definition) is 4. The molecule has 2 atom stereocenters. The number of amidine groups is 1. The lowest BCUT2D eigenvalue weighted by Crippen LogP contribution is -2.44. The molecule has 0 aliphatic heterocycles. The summed E-state index contributed by atoms with van der Waals surface area (Å²) in [5, 5.41) is 11.7. The summed E-state index contributed by atoms with van der Waals surface area (Å²) < 4.78 is 26.7. The molecule has 1 rings (SSSR count). The van der Waals surface area contributed by atoms with Crippen molar-refractivity contribution in [3.8, 4) is 0 Å². The molecule has 6 nitrogen and oxygen atoms in total. The summed E-state index contributed by atoms with van der Waals surface area (Å²) in [7, 11) is -3.34. The van der Waals surface area contributed by atoms with E-state index in [0.29, 0.717) is 0 Å². The van der Waals surface area contributed by atoms with Gasteiger partial charge in [0, 0.05) is 12.0 Å². The summed E-state index contributed by atoms with van der Waals surface area (Å²) in [5.41, 5.74) is 5.28. The third-order valence-electron chi connectivity index (χ3n) is 2.97. The molecule has 106 valence electrons. The first-order chi connectivity index (χ1) is 8.14. The minimum Gasteiger partial charge on any atom is -0.409 e. The summed E-state index contributed by atoms with van der Waals surface area (Å²) in [6, 6.07) is -0.256. The van der Waals surface area contributed by atoms with Crippen LogP contribution in [0.4, 0.5) is 0 Å². The Morgan fingerprint density at radius 1 is 1.44 bits per heavy atom. The quantitative estimate of drug-likeness (QED) is 0.307. The summed E-state index contributed by atoms with van der Waals surface area (Å²) in [6.45, 7) is 5.63. The van der Waals surface area contributed by atoms with Crippen molar-refractivity contribution in [2.45, 2.75) is 46.1 Å². The van der Waals surface area contributed by atoms with Crippen LogP contribution in [0, 0.1) is 11.3 Å². The van der Waals surface area contributed by atoms with Crippen LogP contribution >= 0.6 is 0 Å². The zero-order valence-electron chi connectivity index (χ0n) is 11.2. The van der Waals surface area contributed by atoms with Gasteiger partial charge in [0.2, 0.25) is 10.0 Å². The molecule has 0 aromatic heterocycles. The molecule has 0 aromatic carbocycles. The smallest absolute Gasteiger partial charge is 0.212 e. The Labute approximate surface area is 109 Å². The molecule has 18 heavy (non-hydrogen) atoms. The van der Waals surface area contributed by atoms with Crippen molar-refractivity contribution in [2.75, 3.05) is 5.75 Å². The van der Waals surface area contributed by atoms with Gasteiger partial charge in [-0.1, -0.05) is 32.3 Å². The second-order valence-electron chi connectivity index (χ2n) is 6.11. The summed E-state index contributed by atoms with van der Waals surface area (Å²) in [5.74, 6) is -0.0277. The van der Waals surface area contributed by atoms with Gasteiger partial charge in [-0.2, -0.15) is 0 Å². The minimum absolute atomic E-state index is 0.0688. The van der Waals surface area contributed by atoms with E-state index in [4.69, 9.17) is 10.9 Å². The van der Waals surface area contributed by atoms with E-state index in [0.717, 1.165) is 19.3 Å². The molecule has 1 saturated carbocycles. The zero-order chi connectivity index (χ0) is 14.0. The number of nitrogens with one attached hydrogen (secondary N) is 1. The number of oxime groups is 1. The molecule has 0 aromatic rings. The first kappa shape index (κ1) is 15.2. The van der Waals surface area contributed by atoms with Gasteiger partial charge in [0.15, 0.2) is 0 Å². The molecular weight excluding hydrogens is 254 g/mol. The molecule has 0 heterocycles. The maximum Gasteiger partial charge on any atom is 0.212 e. The van der Waals surface area contributed by atoms with Gasteiger partial charge in [0.1, 0.15) is 5.84 Å². The molecule has 4 N–H and O–H groups in total. The Balaban J connectivity index is 2.72. The monoisotopic (exact) mass is 277 g/mol. The van der Waals surface area contributed by atoms with E-state index in [-0.39, 0.29) is 29.0 Å². The van der Waals surface area contributed by atoms with Gasteiger partial charge in [-0.25, -0.2) is 13.1 Å². The lowest BCUT2D eigenvalue weighted by Gasteiger charge is -2.23. The molecule has 1 aliphatic rings. The average molecular weight is 277 g/mol. The molecule has 0 saturated heterocycles. The van der Waals surface area contributed by atoms with Crippen LogP contribution < -0.4 is 10.5 Å². The highest BCUT2D eigenvalue weighted by molar-refractivity contribution is 7.89. The van der Waals surface area contributed by atoms with Crippen molar-refractivity contribution in [3.63, 3.8) is 0 Å². The molecule has 2 unspecified atom stereocenters. The van der Waals surface area contributed by atoms with Crippen molar-refractivity contribution >= 4 is 15.9 Å². The number of nitrogens with zero attached hydrogens (tertiary/aromatic N) is 1. The van der Waals surface area contributed by atoms with Crippen molar-refractivity contribution in [1.82, 2.24) is 4.72 Å². The number of hydrogen-bond donors (Lipinski definition) is 3. The number of rotatable bonds is 4. The second kappa shape index (κ2) is 5.44.